The lowest BCUT2D eigenvalue weighted by atomic mass is 10.0. The SMILES string of the molecule is Cc1nn(C)c(C)c1CC(=O)N1CCC[C@H](N2[C@@H](C)CC[C@@H]2C)C1. The average molecular weight is 332 g/mol. The molecule has 2 aliphatic rings. The second kappa shape index (κ2) is 6.87. The van der Waals surface area contributed by atoms with Gasteiger partial charge in [0.1, 0.15) is 0 Å². The molecular formula is C19H32N4O. The Morgan fingerprint density at radius 3 is 2.42 bits per heavy atom. The van der Waals surface area contributed by atoms with Crippen molar-refractivity contribution in [3.05, 3.63) is 17.0 Å². The second-order valence-corrected chi connectivity index (χ2v) is 7.81. The average Bonchev–Trinajstić information content (AvgIpc) is 3.01. The predicted molar refractivity (Wildman–Crippen MR) is 96.0 cm³/mol. The van der Waals surface area contributed by atoms with Crippen LogP contribution >= 0.6 is 0 Å². The first-order valence-corrected chi connectivity index (χ1v) is 9.42. The van der Waals surface area contributed by atoms with Gasteiger partial charge in [-0.25, -0.2) is 0 Å². The normalized spacial score (nSPS) is 28.5. The van der Waals surface area contributed by atoms with Gasteiger partial charge in [0.25, 0.3) is 0 Å². The first kappa shape index (κ1) is 17.5. The highest BCUT2D eigenvalue weighted by Gasteiger charge is 2.36. The number of rotatable bonds is 3. The van der Waals surface area contributed by atoms with Crippen LogP contribution in [0.1, 0.15) is 56.5 Å². The number of amides is 1. The van der Waals surface area contributed by atoms with Gasteiger partial charge in [-0.1, -0.05) is 0 Å². The van der Waals surface area contributed by atoms with Crippen molar-refractivity contribution >= 4 is 5.91 Å². The minimum Gasteiger partial charge on any atom is -0.341 e. The second-order valence-electron chi connectivity index (χ2n) is 7.81. The zero-order chi connectivity index (χ0) is 17.4. The maximum absolute atomic E-state index is 12.9. The summed E-state index contributed by atoms with van der Waals surface area (Å²) in [5.74, 6) is 0.262. The molecular weight excluding hydrogens is 300 g/mol. The van der Waals surface area contributed by atoms with Gasteiger partial charge in [-0.05, 0) is 53.4 Å². The molecule has 1 amide bonds. The summed E-state index contributed by atoms with van der Waals surface area (Å²) >= 11 is 0. The number of piperidine rings is 1. The molecule has 2 fully saturated rings. The number of likely N-dealkylation sites (tertiary alicyclic amines) is 2. The van der Waals surface area contributed by atoms with Gasteiger partial charge in [0.15, 0.2) is 0 Å². The van der Waals surface area contributed by atoms with Crippen LogP contribution in [0.15, 0.2) is 0 Å². The summed E-state index contributed by atoms with van der Waals surface area (Å²) in [7, 11) is 1.95. The molecule has 0 bridgehead atoms. The molecule has 0 unspecified atom stereocenters. The minimum absolute atomic E-state index is 0.262. The summed E-state index contributed by atoms with van der Waals surface area (Å²) in [5, 5.41) is 4.44. The van der Waals surface area contributed by atoms with E-state index >= 15 is 0 Å². The van der Waals surface area contributed by atoms with Crippen LogP contribution in [0.4, 0.5) is 0 Å². The molecule has 0 radical (unpaired) electrons. The fraction of sp³-hybridized carbons (Fsp3) is 0.789. The Labute approximate surface area is 146 Å². The Morgan fingerprint density at radius 1 is 1.17 bits per heavy atom. The molecule has 2 saturated heterocycles. The Kier molecular flexibility index (Phi) is 5.00. The fourth-order valence-corrected chi connectivity index (χ4v) is 4.70. The van der Waals surface area contributed by atoms with Crippen molar-refractivity contribution in [1.82, 2.24) is 19.6 Å². The highest BCUT2D eigenvalue weighted by molar-refractivity contribution is 5.79. The Hall–Kier alpha value is -1.36. The first-order valence-electron chi connectivity index (χ1n) is 9.42. The largest absolute Gasteiger partial charge is 0.341 e. The number of aromatic nitrogens is 2. The van der Waals surface area contributed by atoms with Crippen molar-refractivity contribution in [2.75, 3.05) is 13.1 Å². The number of carbonyl (C=O) groups excluding carboxylic acids is 1. The summed E-state index contributed by atoms with van der Waals surface area (Å²) in [5.41, 5.74) is 3.20. The Morgan fingerprint density at radius 2 is 1.83 bits per heavy atom. The molecule has 3 atom stereocenters. The zero-order valence-electron chi connectivity index (χ0n) is 15.9. The van der Waals surface area contributed by atoms with E-state index in [4.69, 9.17) is 0 Å². The Balaban J connectivity index is 1.67. The van der Waals surface area contributed by atoms with Gasteiger partial charge in [-0.3, -0.25) is 14.4 Å². The standard InChI is InChI=1S/C19H32N4O/c1-13-8-9-14(2)23(13)17-7-6-10-22(12-17)19(24)11-18-15(3)20-21(5)16(18)4/h13-14,17H,6-12H2,1-5H3/t13-,14-,17-/m0/s1. The van der Waals surface area contributed by atoms with Gasteiger partial charge in [0, 0.05) is 49.5 Å². The molecule has 1 aromatic rings. The number of aryl methyl sites for hydroxylation is 2. The lowest BCUT2D eigenvalue weighted by Crippen LogP contribution is -2.52. The van der Waals surface area contributed by atoms with E-state index in [0.29, 0.717) is 24.5 Å². The smallest absolute Gasteiger partial charge is 0.227 e. The number of hydrogen-bond donors (Lipinski definition) is 0. The lowest BCUT2D eigenvalue weighted by molar-refractivity contribution is -0.133. The molecule has 0 aliphatic carbocycles. The zero-order valence-corrected chi connectivity index (χ0v) is 15.9. The van der Waals surface area contributed by atoms with Gasteiger partial charge < -0.3 is 4.90 Å². The van der Waals surface area contributed by atoms with E-state index in [1.54, 1.807) is 0 Å². The molecule has 2 aliphatic heterocycles. The van der Waals surface area contributed by atoms with Gasteiger partial charge in [0.2, 0.25) is 5.91 Å². The third kappa shape index (κ3) is 3.23. The topological polar surface area (TPSA) is 41.4 Å². The molecule has 0 N–H and O–H groups in total. The van der Waals surface area contributed by atoms with E-state index in [0.717, 1.165) is 36.5 Å². The van der Waals surface area contributed by atoms with Gasteiger partial charge >= 0.3 is 0 Å². The predicted octanol–water partition coefficient (Wildman–Crippen LogP) is 2.44. The van der Waals surface area contributed by atoms with E-state index < -0.39 is 0 Å². The van der Waals surface area contributed by atoms with Crippen molar-refractivity contribution in [3.8, 4) is 0 Å². The highest BCUT2D eigenvalue weighted by atomic mass is 16.2. The summed E-state index contributed by atoms with van der Waals surface area (Å²) in [6, 6.07) is 1.84. The maximum atomic E-state index is 12.9. The third-order valence-electron chi connectivity index (χ3n) is 6.18. The van der Waals surface area contributed by atoms with Crippen molar-refractivity contribution < 1.29 is 4.79 Å². The summed E-state index contributed by atoms with van der Waals surface area (Å²) in [6.07, 6.45) is 5.42. The van der Waals surface area contributed by atoms with E-state index in [1.165, 1.54) is 19.3 Å². The van der Waals surface area contributed by atoms with Crippen LogP contribution in [-0.4, -0.2) is 56.7 Å². The molecule has 0 spiro atoms. The van der Waals surface area contributed by atoms with Crippen LogP contribution in [0.3, 0.4) is 0 Å². The van der Waals surface area contributed by atoms with Crippen LogP contribution in [0.25, 0.3) is 0 Å². The number of carbonyl (C=O) groups is 1. The van der Waals surface area contributed by atoms with Crippen molar-refractivity contribution in [2.24, 2.45) is 7.05 Å². The van der Waals surface area contributed by atoms with Crippen LogP contribution in [-0.2, 0) is 18.3 Å². The van der Waals surface area contributed by atoms with Crippen molar-refractivity contribution in [1.29, 1.82) is 0 Å². The molecule has 1 aromatic heterocycles. The van der Waals surface area contributed by atoms with Crippen LogP contribution in [0.5, 0.6) is 0 Å². The Bertz CT molecular complexity index is 599. The van der Waals surface area contributed by atoms with Gasteiger partial charge in [-0.15, -0.1) is 0 Å². The van der Waals surface area contributed by atoms with E-state index in [2.05, 4.69) is 35.7 Å². The lowest BCUT2D eigenvalue weighted by Gasteiger charge is -2.41. The molecule has 5 heteroatoms. The quantitative estimate of drug-likeness (QED) is 0.854. The molecule has 0 aromatic carbocycles. The van der Waals surface area contributed by atoms with Gasteiger partial charge in [0.05, 0.1) is 12.1 Å². The molecule has 134 valence electrons. The van der Waals surface area contributed by atoms with Crippen molar-refractivity contribution in [3.63, 3.8) is 0 Å². The molecule has 3 rings (SSSR count). The summed E-state index contributed by atoms with van der Waals surface area (Å²) in [4.78, 5) is 17.6. The first-order chi connectivity index (χ1) is 11.4. The molecule has 24 heavy (non-hydrogen) atoms. The summed E-state index contributed by atoms with van der Waals surface area (Å²) < 4.78 is 1.88. The van der Waals surface area contributed by atoms with Crippen LogP contribution < -0.4 is 0 Å². The highest BCUT2D eigenvalue weighted by Crippen LogP contribution is 2.30. The fourth-order valence-electron chi connectivity index (χ4n) is 4.70. The molecule has 3 heterocycles. The van der Waals surface area contributed by atoms with Gasteiger partial charge in [-0.2, -0.15) is 5.10 Å². The number of nitrogens with zero attached hydrogens (tertiary/aromatic N) is 4. The van der Waals surface area contributed by atoms with E-state index in [1.807, 2.05) is 18.7 Å². The van der Waals surface area contributed by atoms with E-state index in [-0.39, 0.29) is 5.91 Å². The van der Waals surface area contributed by atoms with E-state index in [9.17, 15) is 4.79 Å². The third-order valence-corrected chi connectivity index (χ3v) is 6.18. The maximum Gasteiger partial charge on any atom is 0.227 e. The minimum atomic E-state index is 0.262. The monoisotopic (exact) mass is 332 g/mol. The summed E-state index contributed by atoms with van der Waals surface area (Å²) in [6.45, 7) is 10.5. The number of hydrogen-bond acceptors (Lipinski definition) is 3. The van der Waals surface area contributed by atoms with Crippen LogP contribution in [0.2, 0.25) is 0 Å². The van der Waals surface area contributed by atoms with Crippen molar-refractivity contribution in [2.45, 2.75) is 77.9 Å². The molecule has 0 saturated carbocycles. The van der Waals surface area contributed by atoms with Crippen LogP contribution in [0, 0.1) is 13.8 Å². The molecule has 5 nitrogen and oxygen atoms in total.